The predicted molar refractivity (Wildman–Crippen MR) is 115 cm³/mol. The predicted octanol–water partition coefficient (Wildman–Crippen LogP) is 7.23. The van der Waals surface area contributed by atoms with Crippen LogP contribution in [-0.2, 0) is 6.42 Å². The smallest absolute Gasteiger partial charge is 0.00132 e. The highest BCUT2D eigenvalue weighted by Crippen LogP contribution is 2.42. The average molecular weight is 342 g/mol. The highest BCUT2D eigenvalue weighted by Gasteiger charge is 2.20. The highest BCUT2D eigenvalue weighted by molar-refractivity contribution is 6.08. The Labute approximate surface area is 158 Å². The molecule has 1 aliphatic carbocycles. The van der Waals surface area contributed by atoms with Gasteiger partial charge in [-0.2, -0.15) is 0 Å². The Bertz CT molecular complexity index is 1330. The summed E-state index contributed by atoms with van der Waals surface area (Å²) in [5.74, 6) is 0. The summed E-state index contributed by atoms with van der Waals surface area (Å²) in [7, 11) is 0. The summed E-state index contributed by atoms with van der Waals surface area (Å²) in [5.41, 5.74) is 8.26. The van der Waals surface area contributed by atoms with Crippen LogP contribution in [0.1, 0.15) is 11.1 Å². The topological polar surface area (TPSA) is 0 Å². The first-order valence-electron chi connectivity index (χ1n) is 9.50. The first-order valence-corrected chi connectivity index (χ1v) is 9.50. The summed E-state index contributed by atoms with van der Waals surface area (Å²) in [4.78, 5) is 0. The van der Waals surface area contributed by atoms with Crippen molar-refractivity contribution in [3.63, 3.8) is 0 Å². The third-order valence-corrected chi connectivity index (χ3v) is 5.84. The van der Waals surface area contributed by atoms with E-state index in [4.69, 9.17) is 0 Å². The molecular weight excluding hydrogens is 324 g/mol. The van der Waals surface area contributed by atoms with Gasteiger partial charge in [0.25, 0.3) is 0 Å². The molecule has 0 aromatic heterocycles. The summed E-state index contributed by atoms with van der Waals surface area (Å²) in [6.07, 6.45) is 1.05. The maximum Gasteiger partial charge on any atom is -0.00132 e. The van der Waals surface area contributed by atoms with Gasteiger partial charge in [-0.25, -0.2) is 0 Å². The molecule has 6 rings (SSSR count). The first kappa shape index (κ1) is 14.8. The number of hydrogen-bond acceptors (Lipinski definition) is 0. The van der Waals surface area contributed by atoms with Gasteiger partial charge in [-0.15, -0.1) is 0 Å². The summed E-state index contributed by atoms with van der Waals surface area (Å²) in [6, 6.07) is 35.6. The summed E-state index contributed by atoms with van der Waals surface area (Å²) >= 11 is 0. The number of hydrogen-bond donors (Lipinski definition) is 0. The van der Waals surface area contributed by atoms with Crippen LogP contribution in [0.3, 0.4) is 0 Å². The van der Waals surface area contributed by atoms with E-state index in [2.05, 4.69) is 97.1 Å². The standard InChI is InChI=1S/C27H18/c1-2-6-18(7-3-1)19-10-11-20-17-26-22(16-24(20)14-19)12-13-23-15-21-8-4-5-9-25(21)27(23)26/h1-14,16-17H,15H2. The minimum Gasteiger partial charge on any atom is -0.0622 e. The lowest BCUT2D eigenvalue weighted by atomic mass is 9.94. The molecular formula is C27H18. The van der Waals surface area contributed by atoms with Gasteiger partial charge >= 0.3 is 0 Å². The molecule has 0 aliphatic heterocycles. The molecule has 126 valence electrons. The lowest BCUT2D eigenvalue weighted by Gasteiger charge is -2.10. The summed E-state index contributed by atoms with van der Waals surface area (Å²) in [5, 5.41) is 5.30. The molecule has 0 amide bonds. The molecule has 0 heteroatoms. The molecule has 0 saturated carbocycles. The van der Waals surface area contributed by atoms with Crippen LogP contribution in [0.5, 0.6) is 0 Å². The maximum absolute atomic E-state index is 2.38. The Balaban J connectivity index is 1.61. The maximum atomic E-state index is 2.38. The SMILES string of the molecule is c1ccc(-c2ccc3cc4c5c(ccc4cc3c2)Cc2ccccc2-5)cc1. The fourth-order valence-corrected chi connectivity index (χ4v) is 4.52. The van der Waals surface area contributed by atoms with Crippen molar-refractivity contribution in [2.24, 2.45) is 0 Å². The zero-order valence-electron chi connectivity index (χ0n) is 14.9. The Morgan fingerprint density at radius 2 is 1.30 bits per heavy atom. The minimum atomic E-state index is 1.05. The second-order valence-corrected chi connectivity index (χ2v) is 7.43. The zero-order valence-corrected chi connectivity index (χ0v) is 14.9. The molecule has 0 N–H and O–H groups in total. The monoisotopic (exact) mass is 342 g/mol. The highest BCUT2D eigenvalue weighted by atomic mass is 14.2. The van der Waals surface area contributed by atoms with E-state index < -0.39 is 0 Å². The molecule has 0 nitrogen and oxygen atoms in total. The third-order valence-electron chi connectivity index (χ3n) is 5.84. The van der Waals surface area contributed by atoms with E-state index in [1.807, 2.05) is 0 Å². The quantitative estimate of drug-likeness (QED) is 0.276. The molecule has 0 saturated heterocycles. The molecule has 0 atom stereocenters. The molecule has 0 heterocycles. The molecule has 0 fully saturated rings. The van der Waals surface area contributed by atoms with E-state index in [-0.39, 0.29) is 0 Å². The van der Waals surface area contributed by atoms with Gasteiger partial charge in [0.15, 0.2) is 0 Å². The molecule has 0 spiro atoms. The van der Waals surface area contributed by atoms with Gasteiger partial charge in [0.2, 0.25) is 0 Å². The lowest BCUT2D eigenvalue weighted by Crippen LogP contribution is -1.85. The molecule has 5 aromatic carbocycles. The van der Waals surface area contributed by atoms with Crippen LogP contribution in [0.25, 0.3) is 43.8 Å². The van der Waals surface area contributed by atoms with E-state index in [1.54, 1.807) is 0 Å². The second-order valence-electron chi connectivity index (χ2n) is 7.43. The minimum absolute atomic E-state index is 1.05. The largest absolute Gasteiger partial charge is 0.0622 e. The van der Waals surface area contributed by atoms with Crippen LogP contribution < -0.4 is 0 Å². The van der Waals surface area contributed by atoms with E-state index in [0.717, 1.165) is 6.42 Å². The molecule has 0 radical (unpaired) electrons. The Hall–Kier alpha value is -3.38. The van der Waals surface area contributed by atoms with Gasteiger partial charge in [0.05, 0.1) is 0 Å². The molecule has 5 aromatic rings. The van der Waals surface area contributed by atoms with Crippen molar-refractivity contribution in [2.75, 3.05) is 0 Å². The van der Waals surface area contributed by atoms with E-state index in [9.17, 15) is 0 Å². The first-order chi connectivity index (χ1) is 13.4. The third kappa shape index (κ3) is 2.23. The van der Waals surface area contributed by atoms with Crippen LogP contribution in [-0.4, -0.2) is 0 Å². The Morgan fingerprint density at radius 1 is 0.481 bits per heavy atom. The second kappa shape index (κ2) is 5.56. The molecule has 27 heavy (non-hydrogen) atoms. The number of fused-ring (bicyclic) bond motifs is 6. The Kier molecular flexibility index (Phi) is 3.04. The van der Waals surface area contributed by atoms with Gasteiger partial charge in [-0.1, -0.05) is 78.9 Å². The van der Waals surface area contributed by atoms with Gasteiger partial charge in [0.1, 0.15) is 0 Å². The van der Waals surface area contributed by atoms with Crippen molar-refractivity contribution in [3.8, 4) is 22.3 Å². The fourth-order valence-electron chi connectivity index (χ4n) is 4.52. The van der Waals surface area contributed by atoms with E-state index in [0.29, 0.717) is 0 Å². The van der Waals surface area contributed by atoms with Gasteiger partial charge in [-0.3, -0.25) is 0 Å². The number of rotatable bonds is 1. The normalized spacial score (nSPS) is 12.3. The molecule has 0 bridgehead atoms. The van der Waals surface area contributed by atoms with Crippen molar-refractivity contribution >= 4 is 21.5 Å². The zero-order chi connectivity index (χ0) is 17.8. The number of benzene rings is 5. The average Bonchev–Trinajstić information content (AvgIpc) is 3.11. The lowest BCUT2D eigenvalue weighted by molar-refractivity contribution is 1.27. The van der Waals surface area contributed by atoms with Crippen molar-refractivity contribution in [1.29, 1.82) is 0 Å². The van der Waals surface area contributed by atoms with Crippen molar-refractivity contribution in [3.05, 3.63) is 108 Å². The van der Waals surface area contributed by atoms with Crippen LogP contribution in [0.15, 0.2) is 97.1 Å². The molecule has 1 aliphatic rings. The summed E-state index contributed by atoms with van der Waals surface area (Å²) < 4.78 is 0. The van der Waals surface area contributed by atoms with Gasteiger partial charge in [0, 0.05) is 0 Å². The van der Waals surface area contributed by atoms with Crippen molar-refractivity contribution < 1.29 is 0 Å². The van der Waals surface area contributed by atoms with Crippen LogP contribution in [0, 0.1) is 0 Å². The Morgan fingerprint density at radius 3 is 2.22 bits per heavy atom. The molecule has 0 unspecified atom stereocenters. The fraction of sp³-hybridized carbons (Fsp3) is 0.0370. The van der Waals surface area contributed by atoms with E-state index in [1.165, 1.54) is 54.9 Å². The van der Waals surface area contributed by atoms with Gasteiger partial charge < -0.3 is 0 Å². The van der Waals surface area contributed by atoms with Crippen LogP contribution in [0.4, 0.5) is 0 Å². The van der Waals surface area contributed by atoms with Crippen molar-refractivity contribution in [2.45, 2.75) is 6.42 Å². The van der Waals surface area contributed by atoms with Crippen molar-refractivity contribution in [1.82, 2.24) is 0 Å². The van der Waals surface area contributed by atoms with Crippen LogP contribution in [0.2, 0.25) is 0 Å². The van der Waals surface area contributed by atoms with E-state index >= 15 is 0 Å². The van der Waals surface area contributed by atoms with Crippen LogP contribution >= 0.6 is 0 Å². The van der Waals surface area contributed by atoms with Gasteiger partial charge in [-0.05, 0) is 79.5 Å². The summed E-state index contributed by atoms with van der Waals surface area (Å²) in [6.45, 7) is 0.